The molecular formula is C15H18N4. The summed E-state index contributed by atoms with van der Waals surface area (Å²) >= 11 is 0. The lowest BCUT2D eigenvalue weighted by Crippen LogP contribution is -2.27. The minimum Gasteiger partial charge on any atom is -0.372 e. The van der Waals surface area contributed by atoms with Gasteiger partial charge < -0.3 is 10.2 Å². The minimum absolute atomic E-state index is 0.819. The van der Waals surface area contributed by atoms with E-state index in [4.69, 9.17) is 0 Å². The fourth-order valence-corrected chi connectivity index (χ4v) is 2.53. The molecule has 0 aliphatic carbocycles. The molecule has 0 saturated heterocycles. The Morgan fingerprint density at radius 1 is 1.05 bits per heavy atom. The molecule has 2 aromatic rings. The van der Waals surface area contributed by atoms with Gasteiger partial charge in [0.25, 0.3) is 0 Å². The third kappa shape index (κ3) is 2.52. The summed E-state index contributed by atoms with van der Waals surface area (Å²) < 4.78 is 0. The number of benzene rings is 1. The number of hydrogen-bond donors (Lipinski definition) is 1. The Morgan fingerprint density at radius 3 is 2.37 bits per heavy atom. The van der Waals surface area contributed by atoms with Crippen LogP contribution in [0.1, 0.15) is 11.1 Å². The van der Waals surface area contributed by atoms with E-state index in [1.807, 2.05) is 13.2 Å². The van der Waals surface area contributed by atoms with E-state index in [1.165, 1.54) is 11.1 Å². The summed E-state index contributed by atoms with van der Waals surface area (Å²) in [6.45, 7) is 2.00. The zero-order valence-electron chi connectivity index (χ0n) is 11.1. The van der Waals surface area contributed by atoms with Gasteiger partial charge >= 0.3 is 0 Å². The topological polar surface area (TPSA) is 41.1 Å². The zero-order valence-corrected chi connectivity index (χ0v) is 11.1. The van der Waals surface area contributed by atoms with Crippen LogP contribution in [0.15, 0.2) is 36.7 Å². The van der Waals surface area contributed by atoms with Crippen molar-refractivity contribution in [2.45, 2.75) is 12.8 Å². The summed E-state index contributed by atoms with van der Waals surface area (Å²) in [5.74, 6) is 1.78. The number of fused-ring (bicyclic) bond motifs is 1. The second-order valence-corrected chi connectivity index (χ2v) is 4.77. The van der Waals surface area contributed by atoms with Gasteiger partial charge in [0.05, 0.1) is 12.4 Å². The Kier molecular flexibility index (Phi) is 3.31. The van der Waals surface area contributed by atoms with E-state index in [0.29, 0.717) is 0 Å². The van der Waals surface area contributed by atoms with Crippen LogP contribution >= 0.6 is 0 Å². The SMILES string of the molecule is CNc1cncc(N2CCc3ccccc3CC2)n1. The van der Waals surface area contributed by atoms with Crippen molar-refractivity contribution in [1.29, 1.82) is 0 Å². The maximum atomic E-state index is 4.57. The van der Waals surface area contributed by atoms with Crippen LogP contribution in [0.3, 0.4) is 0 Å². The Bertz CT molecular complexity index is 541. The van der Waals surface area contributed by atoms with Crippen molar-refractivity contribution in [2.24, 2.45) is 0 Å². The first-order valence-electron chi connectivity index (χ1n) is 6.68. The van der Waals surface area contributed by atoms with Crippen LogP contribution in [0.25, 0.3) is 0 Å². The molecule has 1 aromatic heterocycles. The molecule has 2 heterocycles. The molecule has 1 N–H and O–H groups in total. The molecule has 3 rings (SSSR count). The predicted molar refractivity (Wildman–Crippen MR) is 77.6 cm³/mol. The number of nitrogens with zero attached hydrogens (tertiary/aromatic N) is 3. The molecular weight excluding hydrogens is 236 g/mol. The van der Waals surface area contributed by atoms with Gasteiger partial charge in [0.2, 0.25) is 0 Å². The van der Waals surface area contributed by atoms with Crippen LogP contribution in [0.5, 0.6) is 0 Å². The lowest BCUT2D eigenvalue weighted by molar-refractivity contribution is 0.788. The lowest BCUT2D eigenvalue weighted by Gasteiger charge is -2.21. The molecule has 0 bridgehead atoms. The molecule has 4 nitrogen and oxygen atoms in total. The van der Waals surface area contributed by atoms with Crippen molar-refractivity contribution in [1.82, 2.24) is 9.97 Å². The first-order valence-corrected chi connectivity index (χ1v) is 6.68. The average Bonchev–Trinajstić information content (AvgIpc) is 2.70. The van der Waals surface area contributed by atoms with E-state index in [-0.39, 0.29) is 0 Å². The fourth-order valence-electron chi connectivity index (χ4n) is 2.53. The second-order valence-electron chi connectivity index (χ2n) is 4.77. The first kappa shape index (κ1) is 12.0. The van der Waals surface area contributed by atoms with E-state index in [1.54, 1.807) is 6.20 Å². The number of anilines is 2. The third-order valence-corrected chi connectivity index (χ3v) is 3.62. The number of nitrogens with one attached hydrogen (secondary N) is 1. The Balaban J connectivity index is 1.81. The van der Waals surface area contributed by atoms with E-state index in [2.05, 4.69) is 44.5 Å². The van der Waals surface area contributed by atoms with Crippen molar-refractivity contribution in [3.63, 3.8) is 0 Å². The average molecular weight is 254 g/mol. The summed E-state index contributed by atoms with van der Waals surface area (Å²) in [7, 11) is 1.87. The minimum atomic E-state index is 0.819. The maximum Gasteiger partial charge on any atom is 0.149 e. The Labute approximate surface area is 113 Å². The Hall–Kier alpha value is -2.10. The summed E-state index contributed by atoms with van der Waals surface area (Å²) in [5, 5.41) is 3.04. The van der Waals surface area contributed by atoms with Crippen molar-refractivity contribution in [3.8, 4) is 0 Å². The standard InChI is InChI=1S/C15H18N4/c1-16-14-10-17-11-15(18-14)19-8-6-12-4-2-3-5-13(12)7-9-19/h2-5,10-11H,6-9H2,1H3,(H,16,18). The molecule has 0 saturated carbocycles. The summed E-state index contributed by atoms with van der Waals surface area (Å²) in [4.78, 5) is 11.1. The summed E-state index contributed by atoms with van der Waals surface area (Å²) in [6.07, 6.45) is 5.73. The molecule has 19 heavy (non-hydrogen) atoms. The van der Waals surface area contributed by atoms with Crippen molar-refractivity contribution >= 4 is 11.6 Å². The predicted octanol–water partition coefficient (Wildman–Crippen LogP) is 2.12. The quantitative estimate of drug-likeness (QED) is 0.891. The molecule has 0 fully saturated rings. The van der Waals surface area contributed by atoms with Crippen molar-refractivity contribution in [2.75, 3.05) is 30.4 Å². The fraction of sp³-hybridized carbons (Fsp3) is 0.333. The number of aromatic nitrogens is 2. The lowest BCUT2D eigenvalue weighted by atomic mass is 10.0. The van der Waals surface area contributed by atoms with Gasteiger partial charge in [-0.05, 0) is 24.0 Å². The largest absolute Gasteiger partial charge is 0.372 e. The van der Waals surface area contributed by atoms with Crippen LogP contribution < -0.4 is 10.2 Å². The molecule has 0 spiro atoms. The molecule has 1 aliphatic heterocycles. The van der Waals surface area contributed by atoms with Crippen molar-refractivity contribution in [3.05, 3.63) is 47.8 Å². The van der Waals surface area contributed by atoms with Crippen LogP contribution in [-0.4, -0.2) is 30.1 Å². The van der Waals surface area contributed by atoms with Gasteiger partial charge in [0, 0.05) is 20.1 Å². The highest BCUT2D eigenvalue weighted by Crippen LogP contribution is 2.19. The van der Waals surface area contributed by atoms with E-state index in [0.717, 1.165) is 37.6 Å². The van der Waals surface area contributed by atoms with E-state index >= 15 is 0 Å². The normalized spacial score (nSPS) is 14.7. The number of hydrogen-bond acceptors (Lipinski definition) is 4. The summed E-state index contributed by atoms with van der Waals surface area (Å²) in [6, 6.07) is 8.70. The zero-order chi connectivity index (χ0) is 13.1. The van der Waals surface area contributed by atoms with Crippen LogP contribution in [0.4, 0.5) is 11.6 Å². The van der Waals surface area contributed by atoms with E-state index < -0.39 is 0 Å². The van der Waals surface area contributed by atoms with E-state index in [9.17, 15) is 0 Å². The molecule has 0 radical (unpaired) electrons. The highest BCUT2D eigenvalue weighted by atomic mass is 15.2. The van der Waals surface area contributed by atoms with Gasteiger partial charge in [-0.3, -0.25) is 4.98 Å². The maximum absolute atomic E-state index is 4.57. The molecule has 1 aromatic carbocycles. The highest BCUT2D eigenvalue weighted by Gasteiger charge is 2.15. The third-order valence-electron chi connectivity index (χ3n) is 3.62. The van der Waals surface area contributed by atoms with Gasteiger partial charge in [0.15, 0.2) is 0 Å². The van der Waals surface area contributed by atoms with Gasteiger partial charge in [-0.15, -0.1) is 0 Å². The Morgan fingerprint density at radius 2 is 1.74 bits per heavy atom. The molecule has 98 valence electrons. The highest BCUT2D eigenvalue weighted by molar-refractivity contribution is 5.45. The first-order chi connectivity index (χ1) is 9.36. The van der Waals surface area contributed by atoms with Crippen LogP contribution in [0, 0.1) is 0 Å². The molecule has 0 unspecified atom stereocenters. The molecule has 1 aliphatic rings. The van der Waals surface area contributed by atoms with Gasteiger partial charge in [-0.2, -0.15) is 0 Å². The number of rotatable bonds is 2. The molecule has 4 heteroatoms. The second kappa shape index (κ2) is 5.26. The van der Waals surface area contributed by atoms with Crippen LogP contribution in [0.2, 0.25) is 0 Å². The smallest absolute Gasteiger partial charge is 0.149 e. The summed E-state index contributed by atoms with van der Waals surface area (Å²) in [5.41, 5.74) is 2.92. The van der Waals surface area contributed by atoms with Crippen molar-refractivity contribution < 1.29 is 0 Å². The molecule has 0 atom stereocenters. The monoisotopic (exact) mass is 254 g/mol. The van der Waals surface area contributed by atoms with Gasteiger partial charge in [0.1, 0.15) is 11.6 Å². The van der Waals surface area contributed by atoms with Gasteiger partial charge in [-0.25, -0.2) is 4.98 Å². The van der Waals surface area contributed by atoms with Crippen LogP contribution in [-0.2, 0) is 12.8 Å². The molecule has 0 amide bonds. The van der Waals surface area contributed by atoms with Gasteiger partial charge in [-0.1, -0.05) is 24.3 Å².